The number of ether oxygens (including phenoxy) is 2. The first-order valence-electron chi connectivity index (χ1n) is 9.84. The number of rotatable bonds is 8. The maximum Gasteiger partial charge on any atom is 0.251 e. The van der Waals surface area contributed by atoms with Crippen LogP contribution >= 0.6 is 0 Å². The van der Waals surface area contributed by atoms with Crippen LogP contribution in [0.5, 0.6) is 17.4 Å². The lowest BCUT2D eigenvalue weighted by Gasteiger charge is -2.09. The highest BCUT2D eigenvalue weighted by atomic mass is 16.5. The van der Waals surface area contributed by atoms with Crippen LogP contribution in [0, 0.1) is 0 Å². The van der Waals surface area contributed by atoms with E-state index in [1.807, 2.05) is 54.6 Å². The van der Waals surface area contributed by atoms with Crippen LogP contribution in [0.3, 0.4) is 0 Å². The summed E-state index contributed by atoms with van der Waals surface area (Å²) in [5, 5.41) is 2.91. The van der Waals surface area contributed by atoms with Gasteiger partial charge >= 0.3 is 0 Å². The van der Waals surface area contributed by atoms with E-state index in [2.05, 4.69) is 15.3 Å². The molecular weight excluding hydrogens is 390 g/mol. The van der Waals surface area contributed by atoms with Gasteiger partial charge in [0.15, 0.2) is 0 Å². The van der Waals surface area contributed by atoms with Gasteiger partial charge in [0.1, 0.15) is 18.1 Å². The summed E-state index contributed by atoms with van der Waals surface area (Å²) in [5.74, 6) is 1.73. The van der Waals surface area contributed by atoms with Gasteiger partial charge in [0.2, 0.25) is 5.88 Å². The van der Waals surface area contributed by atoms with Crippen LogP contribution in [0.25, 0.3) is 0 Å². The van der Waals surface area contributed by atoms with Gasteiger partial charge in [-0.2, -0.15) is 0 Å². The van der Waals surface area contributed by atoms with Gasteiger partial charge in [-0.05, 0) is 65.7 Å². The van der Waals surface area contributed by atoms with Crippen molar-refractivity contribution in [3.8, 4) is 17.4 Å². The molecule has 4 rings (SSSR count). The van der Waals surface area contributed by atoms with Crippen molar-refractivity contribution in [1.29, 1.82) is 0 Å². The second kappa shape index (κ2) is 10.0. The van der Waals surface area contributed by atoms with Gasteiger partial charge in [-0.15, -0.1) is 0 Å². The monoisotopic (exact) mass is 411 g/mol. The molecule has 0 bridgehead atoms. The zero-order chi connectivity index (χ0) is 21.3. The van der Waals surface area contributed by atoms with E-state index in [4.69, 9.17) is 9.47 Å². The second-order valence-electron chi connectivity index (χ2n) is 6.77. The Morgan fingerprint density at radius 2 is 1.55 bits per heavy atom. The summed E-state index contributed by atoms with van der Waals surface area (Å²) in [4.78, 5) is 20.7. The van der Waals surface area contributed by atoms with E-state index in [1.165, 1.54) is 0 Å². The van der Waals surface area contributed by atoms with Crippen molar-refractivity contribution >= 4 is 5.91 Å². The van der Waals surface area contributed by atoms with Gasteiger partial charge in [0.25, 0.3) is 5.91 Å². The summed E-state index contributed by atoms with van der Waals surface area (Å²) in [6, 6.07) is 24.0. The lowest BCUT2D eigenvalue weighted by atomic mass is 10.2. The smallest absolute Gasteiger partial charge is 0.251 e. The van der Waals surface area contributed by atoms with Crippen LogP contribution in [0.15, 0.2) is 97.5 Å². The van der Waals surface area contributed by atoms with Gasteiger partial charge in [-0.1, -0.05) is 18.2 Å². The molecule has 1 N–H and O–H groups in total. The van der Waals surface area contributed by atoms with Crippen molar-refractivity contribution in [1.82, 2.24) is 15.3 Å². The van der Waals surface area contributed by atoms with Crippen LogP contribution in [-0.2, 0) is 13.2 Å². The van der Waals surface area contributed by atoms with E-state index in [-0.39, 0.29) is 5.91 Å². The van der Waals surface area contributed by atoms with Crippen LogP contribution in [0.1, 0.15) is 21.5 Å². The first-order chi connectivity index (χ1) is 15.3. The number of nitrogens with one attached hydrogen (secondary N) is 1. The van der Waals surface area contributed by atoms with Crippen molar-refractivity contribution in [3.05, 3.63) is 114 Å². The van der Waals surface area contributed by atoms with Crippen LogP contribution in [0.2, 0.25) is 0 Å². The maximum atomic E-state index is 12.5. The molecule has 0 saturated carbocycles. The Morgan fingerprint density at radius 1 is 0.806 bits per heavy atom. The minimum Gasteiger partial charge on any atom is -0.489 e. The van der Waals surface area contributed by atoms with E-state index in [1.54, 1.807) is 42.9 Å². The minimum absolute atomic E-state index is 0.164. The Balaban J connectivity index is 1.30. The van der Waals surface area contributed by atoms with E-state index < -0.39 is 0 Å². The molecule has 6 nitrogen and oxygen atoms in total. The molecule has 2 aromatic carbocycles. The van der Waals surface area contributed by atoms with Crippen molar-refractivity contribution in [2.45, 2.75) is 13.2 Å². The van der Waals surface area contributed by atoms with E-state index in [0.29, 0.717) is 36.1 Å². The molecule has 6 heteroatoms. The first-order valence-corrected chi connectivity index (χ1v) is 9.84. The number of amides is 1. The standard InChI is InChI=1S/C25H21N3O3/c29-25(21-6-8-22(9-7-21)30-18-19-10-13-26-14-11-19)28-17-20-12-15-27-24(16-20)31-23-4-2-1-3-5-23/h1-16H,17-18H2,(H,28,29). The molecule has 0 unspecified atom stereocenters. The number of benzene rings is 2. The third kappa shape index (κ3) is 5.90. The maximum absolute atomic E-state index is 12.5. The number of hydrogen-bond donors (Lipinski definition) is 1. The molecule has 0 spiro atoms. The summed E-state index contributed by atoms with van der Waals surface area (Å²) >= 11 is 0. The molecule has 31 heavy (non-hydrogen) atoms. The molecule has 0 radical (unpaired) electrons. The average molecular weight is 411 g/mol. The molecule has 0 fully saturated rings. The van der Waals surface area contributed by atoms with Crippen molar-refractivity contribution in [2.75, 3.05) is 0 Å². The quantitative estimate of drug-likeness (QED) is 0.452. The zero-order valence-electron chi connectivity index (χ0n) is 16.8. The van der Waals surface area contributed by atoms with Crippen molar-refractivity contribution in [3.63, 3.8) is 0 Å². The van der Waals surface area contributed by atoms with Crippen LogP contribution in [-0.4, -0.2) is 15.9 Å². The van der Waals surface area contributed by atoms with Gasteiger partial charge in [0, 0.05) is 36.8 Å². The Bertz CT molecular complexity index is 1120. The molecule has 2 aromatic heterocycles. The summed E-state index contributed by atoms with van der Waals surface area (Å²) in [5.41, 5.74) is 2.49. The SMILES string of the molecule is O=C(NCc1ccnc(Oc2ccccc2)c1)c1ccc(OCc2ccncc2)cc1. The van der Waals surface area contributed by atoms with Crippen LogP contribution in [0.4, 0.5) is 0 Å². The number of aromatic nitrogens is 2. The van der Waals surface area contributed by atoms with Crippen molar-refractivity contribution < 1.29 is 14.3 Å². The van der Waals surface area contributed by atoms with E-state index in [9.17, 15) is 4.79 Å². The fraction of sp³-hybridized carbons (Fsp3) is 0.0800. The predicted molar refractivity (Wildman–Crippen MR) is 117 cm³/mol. The number of nitrogens with zero attached hydrogens (tertiary/aromatic N) is 2. The third-order valence-corrected chi connectivity index (χ3v) is 4.49. The summed E-state index contributed by atoms with van der Waals surface area (Å²) < 4.78 is 11.5. The third-order valence-electron chi connectivity index (χ3n) is 4.49. The predicted octanol–water partition coefficient (Wildman–Crippen LogP) is 4.78. The van der Waals surface area contributed by atoms with E-state index >= 15 is 0 Å². The molecule has 0 aliphatic carbocycles. The molecule has 1 amide bonds. The summed E-state index contributed by atoms with van der Waals surface area (Å²) in [7, 11) is 0. The van der Waals surface area contributed by atoms with Gasteiger partial charge in [-0.3, -0.25) is 9.78 Å². The first kappa shape index (κ1) is 20.1. The number of carbonyl (C=O) groups is 1. The minimum atomic E-state index is -0.164. The second-order valence-corrected chi connectivity index (χ2v) is 6.77. The molecule has 0 atom stereocenters. The van der Waals surface area contributed by atoms with Crippen molar-refractivity contribution in [2.24, 2.45) is 0 Å². The number of carbonyl (C=O) groups excluding carboxylic acids is 1. The largest absolute Gasteiger partial charge is 0.489 e. The lowest BCUT2D eigenvalue weighted by Crippen LogP contribution is -2.22. The number of hydrogen-bond acceptors (Lipinski definition) is 5. The number of pyridine rings is 2. The molecule has 0 aliphatic rings. The van der Waals surface area contributed by atoms with Gasteiger partial charge in [-0.25, -0.2) is 4.98 Å². The lowest BCUT2D eigenvalue weighted by molar-refractivity contribution is 0.0951. The summed E-state index contributed by atoms with van der Waals surface area (Å²) in [6.45, 7) is 0.816. The highest BCUT2D eigenvalue weighted by molar-refractivity contribution is 5.94. The average Bonchev–Trinajstić information content (AvgIpc) is 2.83. The highest BCUT2D eigenvalue weighted by Crippen LogP contribution is 2.19. The normalized spacial score (nSPS) is 10.3. The topological polar surface area (TPSA) is 73.3 Å². The van der Waals surface area contributed by atoms with E-state index in [0.717, 1.165) is 11.1 Å². The molecule has 154 valence electrons. The fourth-order valence-corrected chi connectivity index (χ4v) is 2.86. The molecule has 4 aromatic rings. The van der Waals surface area contributed by atoms with Gasteiger partial charge < -0.3 is 14.8 Å². The van der Waals surface area contributed by atoms with Crippen LogP contribution < -0.4 is 14.8 Å². The number of para-hydroxylation sites is 1. The Morgan fingerprint density at radius 3 is 2.32 bits per heavy atom. The highest BCUT2D eigenvalue weighted by Gasteiger charge is 2.07. The Labute approximate surface area is 180 Å². The molecule has 0 aliphatic heterocycles. The molecular formula is C25H21N3O3. The summed E-state index contributed by atoms with van der Waals surface area (Å²) in [6.07, 6.45) is 5.12. The zero-order valence-corrected chi connectivity index (χ0v) is 16.8. The molecule has 2 heterocycles. The Hall–Kier alpha value is -4.19. The van der Waals surface area contributed by atoms with Gasteiger partial charge in [0.05, 0.1) is 0 Å². The fourth-order valence-electron chi connectivity index (χ4n) is 2.86. The Kier molecular flexibility index (Phi) is 6.50. The molecule has 0 saturated heterocycles.